The first-order chi connectivity index (χ1) is 22.1. The number of methoxy groups -OCH3 is 1. The number of fused-ring (bicyclic) bond motifs is 3. The van der Waals surface area contributed by atoms with Crippen molar-refractivity contribution in [3.05, 3.63) is 47.0 Å². The van der Waals surface area contributed by atoms with E-state index in [0.717, 1.165) is 30.2 Å². The Bertz CT molecular complexity index is 1760. The van der Waals surface area contributed by atoms with Gasteiger partial charge in [0.1, 0.15) is 45.6 Å². The summed E-state index contributed by atoms with van der Waals surface area (Å²) in [5.74, 6) is 2.68. The highest BCUT2D eigenvalue weighted by Gasteiger charge is 2.59. The summed E-state index contributed by atoms with van der Waals surface area (Å²) in [6, 6.07) is 4.54. The van der Waals surface area contributed by atoms with Gasteiger partial charge in [-0.05, 0) is 50.7 Å². The van der Waals surface area contributed by atoms with E-state index in [4.69, 9.17) is 26.6 Å². The third-order valence-electron chi connectivity index (χ3n) is 9.24. The first-order valence-corrected chi connectivity index (χ1v) is 16.4. The molecule has 46 heavy (non-hydrogen) atoms. The fourth-order valence-electron chi connectivity index (χ4n) is 6.46. The lowest BCUT2D eigenvalue weighted by molar-refractivity contribution is -0.133. The average Bonchev–Trinajstić information content (AvgIpc) is 3.53. The molecule has 2 aromatic heterocycles. The van der Waals surface area contributed by atoms with Gasteiger partial charge in [-0.3, -0.25) is 9.59 Å². The lowest BCUT2D eigenvalue weighted by atomic mass is 9.97. The molecule has 11 nitrogen and oxygen atoms in total. The second-order valence-corrected chi connectivity index (χ2v) is 13.1. The fourth-order valence-corrected chi connectivity index (χ4v) is 7.18. The number of nitrogens with zero attached hydrogens (tertiary/aromatic N) is 4. The number of amides is 4. The van der Waals surface area contributed by atoms with Crippen LogP contribution >= 0.6 is 11.3 Å². The lowest BCUT2D eigenvalue weighted by Gasteiger charge is -2.40. The van der Waals surface area contributed by atoms with Crippen molar-refractivity contribution >= 4 is 40.1 Å². The van der Waals surface area contributed by atoms with Gasteiger partial charge >= 0.3 is 6.03 Å². The van der Waals surface area contributed by atoms with Gasteiger partial charge in [0.25, 0.3) is 0 Å². The minimum absolute atomic E-state index is 0.165. The predicted octanol–water partition coefficient (Wildman–Crippen LogP) is 4.02. The molecule has 12 heteroatoms. The molecule has 1 aliphatic carbocycles. The number of nitrogens with one attached hydrogen (secondary N) is 1. The number of hydrogen-bond acceptors (Lipinski definition) is 8. The number of rotatable bonds is 5. The van der Waals surface area contributed by atoms with Crippen molar-refractivity contribution < 1.29 is 23.9 Å². The van der Waals surface area contributed by atoms with Crippen LogP contribution in [0.4, 0.5) is 4.79 Å². The third kappa shape index (κ3) is 5.87. The van der Waals surface area contributed by atoms with E-state index in [1.165, 1.54) is 11.3 Å². The number of benzene rings is 1. The van der Waals surface area contributed by atoms with Crippen LogP contribution in [0.5, 0.6) is 11.5 Å². The maximum absolute atomic E-state index is 14.0. The monoisotopic (exact) mass is 642 g/mol. The molecule has 1 saturated heterocycles. The van der Waals surface area contributed by atoms with Gasteiger partial charge in [-0.15, -0.1) is 17.8 Å². The first kappa shape index (κ1) is 31.4. The van der Waals surface area contributed by atoms with Crippen LogP contribution in [0.25, 0.3) is 21.6 Å². The average molecular weight is 643 g/mol. The molecule has 3 N–H and O–H groups in total. The molecule has 240 valence electrons. The summed E-state index contributed by atoms with van der Waals surface area (Å²) < 4.78 is 12.3. The molecule has 0 unspecified atom stereocenters. The van der Waals surface area contributed by atoms with Crippen molar-refractivity contribution in [1.82, 2.24) is 25.1 Å². The molecule has 1 aromatic carbocycles. The van der Waals surface area contributed by atoms with Crippen LogP contribution < -0.4 is 20.5 Å². The van der Waals surface area contributed by atoms with E-state index in [0.29, 0.717) is 59.3 Å². The Balaban J connectivity index is 1.34. The maximum atomic E-state index is 14.0. The van der Waals surface area contributed by atoms with Gasteiger partial charge in [0.15, 0.2) is 0 Å². The zero-order chi connectivity index (χ0) is 32.6. The minimum Gasteiger partial charge on any atom is -0.496 e. The zero-order valence-electron chi connectivity index (χ0n) is 26.2. The van der Waals surface area contributed by atoms with Crippen LogP contribution in [0.1, 0.15) is 49.8 Å². The number of terminal acetylenes is 1. The highest BCUT2D eigenvalue weighted by Crippen LogP contribution is 2.45. The topological polar surface area (TPSA) is 140 Å². The normalized spacial score (nSPS) is 25.1. The molecule has 1 saturated carbocycles. The van der Waals surface area contributed by atoms with Crippen molar-refractivity contribution in [1.29, 1.82) is 0 Å². The second-order valence-electron chi connectivity index (χ2n) is 12.2. The van der Waals surface area contributed by atoms with Crippen LogP contribution in [0.3, 0.4) is 0 Å². The summed E-state index contributed by atoms with van der Waals surface area (Å²) in [5, 5.41) is 6.18. The Labute approximate surface area is 272 Å². The summed E-state index contributed by atoms with van der Waals surface area (Å²) in [6.45, 7) is 2.82. The van der Waals surface area contributed by atoms with E-state index in [1.807, 2.05) is 37.3 Å². The van der Waals surface area contributed by atoms with Crippen LogP contribution in [-0.4, -0.2) is 82.5 Å². The molecule has 0 spiro atoms. The van der Waals surface area contributed by atoms with Crippen molar-refractivity contribution in [3.8, 4) is 34.5 Å². The maximum Gasteiger partial charge on any atom is 0.320 e. The van der Waals surface area contributed by atoms with Crippen LogP contribution in [-0.2, 0) is 9.59 Å². The SMILES string of the molecule is C#Cc1csc(-c2cc(O[C@H]3CCN4C(=O)N(C)CCCCC=C[C@@H]5C[C@@]5(C(N)=O)NC(=O)[C@@H]4C3)c3ccc(OC)c(C)c3n2)n1. The molecule has 4 heterocycles. The van der Waals surface area contributed by atoms with E-state index >= 15 is 0 Å². The standard InChI is InChI=1S/C34H38N6O5S/c1-5-22-19-46-31(36-22)25-17-28(24-11-12-27(44-4)20(2)29(24)37-25)45-23-13-15-40-26(16-23)30(41)38-34(32(35)42)18-21(34)10-8-6-7-9-14-39(3)33(40)43/h1,8,10-12,17,19,21,23,26H,6-7,9,13-16,18H2,2-4H3,(H2,35,42)(H,38,41)/t21-,23+,26+,34-/m1/s1. The Hall–Kier alpha value is -4.63. The molecule has 4 atom stereocenters. The van der Waals surface area contributed by atoms with Gasteiger partial charge in [-0.2, -0.15) is 0 Å². The highest BCUT2D eigenvalue weighted by atomic mass is 32.1. The largest absolute Gasteiger partial charge is 0.496 e. The van der Waals surface area contributed by atoms with Gasteiger partial charge in [0.05, 0.1) is 12.6 Å². The quantitative estimate of drug-likeness (QED) is 0.317. The third-order valence-corrected chi connectivity index (χ3v) is 10.1. The Morgan fingerprint density at radius 2 is 2.04 bits per heavy atom. The number of aryl methyl sites for hydroxylation is 1. The zero-order valence-corrected chi connectivity index (χ0v) is 27.1. The van der Waals surface area contributed by atoms with Gasteiger partial charge in [0.2, 0.25) is 11.8 Å². The number of urea groups is 1. The number of carbonyl (C=O) groups excluding carboxylic acids is 3. The summed E-state index contributed by atoms with van der Waals surface area (Å²) in [4.78, 5) is 52.9. The Morgan fingerprint density at radius 3 is 2.78 bits per heavy atom. The number of piperidine rings is 1. The second kappa shape index (κ2) is 12.6. The van der Waals surface area contributed by atoms with Gasteiger partial charge < -0.3 is 30.3 Å². The lowest BCUT2D eigenvalue weighted by Crippen LogP contribution is -2.61. The number of carbonyl (C=O) groups is 3. The minimum atomic E-state index is -1.15. The van der Waals surface area contributed by atoms with Crippen molar-refractivity contribution in [2.75, 3.05) is 27.2 Å². The molecule has 6 rings (SSSR count). The van der Waals surface area contributed by atoms with Gasteiger partial charge in [-0.25, -0.2) is 14.8 Å². The summed E-state index contributed by atoms with van der Waals surface area (Å²) in [6.07, 6.45) is 12.9. The fraction of sp³-hybridized carbons (Fsp3) is 0.441. The highest BCUT2D eigenvalue weighted by molar-refractivity contribution is 7.13. The summed E-state index contributed by atoms with van der Waals surface area (Å²) in [5.41, 5.74) is 7.34. The Kier molecular flexibility index (Phi) is 8.61. The smallest absolute Gasteiger partial charge is 0.320 e. The number of hydrogen-bond donors (Lipinski definition) is 2. The molecular weight excluding hydrogens is 604 g/mol. The molecule has 3 aliphatic rings. The molecule has 2 fully saturated rings. The summed E-state index contributed by atoms with van der Waals surface area (Å²) in [7, 11) is 3.37. The van der Waals surface area contributed by atoms with E-state index in [2.05, 4.69) is 16.2 Å². The Morgan fingerprint density at radius 1 is 1.22 bits per heavy atom. The van der Waals surface area contributed by atoms with Gasteiger partial charge in [0, 0.05) is 61.3 Å². The number of thiazole rings is 1. The number of aromatic nitrogens is 2. The summed E-state index contributed by atoms with van der Waals surface area (Å²) >= 11 is 1.39. The molecular formula is C34H38N6O5S. The molecule has 4 amide bonds. The number of allylic oxidation sites excluding steroid dienone is 1. The van der Waals surface area contributed by atoms with E-state index in [-0.39, 0.29) is 18.4 Å². The number of pyridine rings is 1. The predicted molar refractivity (Wildman–Crippen MR) is 175 cm³/mol. The van der Waals surface area contributed by atoms with Crippen LogP contribution in [0.15, 0.2) is 35.7 Å². The van der Waals surface area contributed by atoms with Crippen LogP contribution in [0.2, 0.25) is 0 Å². The van der Waals surface area contributed by atoms with Crippen molar-refractivity contribution in [2.24, 2.45) is 11.7 Å². The molecule has 0 bridgehead atoms. The van der Waals surface area contributed by atoms with E-state index in [1.54, 1.807) is 29.3 Å². The number of ether oxygens (including phenoxy) is 2. The first-order valence-electron chi connectivity index (χ1n) is 15.5. The van der Waals surface area contributed by atoms with Crippen molar-refractivity contribution in [3.63, 3.8) is 0 Å². The van der Waals surface area contributed by atoms with Gasteiger partial charge in [-0.1, -0.05) is 12.2 Å². The van der Waals surface area contributed by atoms with Crippen LogP contribution in [0, 0.1) is 25.2 Å². The van der Waals surface area contributed by atoms with Crippen molar-refractivity contribution in [2.45, 2.75) is 63.1 Å². The molecule has 0 radical (unpaired) electrons. The van der Waals surface area contributed by atoms with E-state index in [9.17, 15) is 14.4 Å². The molecule has 3 aromatic rings. The number of primary amides is 1. The van der Waals surface area contributed by atoms with E-state index < -0.39 is 29.5 Å². The number of nitrogens with two attached hydrogens (primary N) is 1. The molecule has 2 aliphatic heterocycles.